The predicted octanol–water partition coefficient (Wildman–Crippen LogP) is -3.92. The molecule has 0 radical (unpaired) electrons. The van der Waals surface area contributed by atoms with E-state index in [1.165, 1.54) is 26.7 Å². The van der Waals surface area contributed by atoms with Crippen LogP contribution in [-0.2, 0) is 26.2 Å². The molecule has 114 valence electrons. The first-order valence-electron chi connectivity index (χ1n) is 6.48. The van der Waals surface area contributed by atoms with Gasteiger partial charge in [0.05, 0.1) is 0 Å². The minimum Gasteiger partial charge on any atom is -1.00 e. The second kappa shape index (κ2) is 11.3. The summed E-state index contributed by atoms with van der Waals surface area (Å²) in [5.74, 6) is 0. The average Bonchev–Trinajstić information content (AvgIpc) is 2.97. The molecule has 1 aromatic carbocycles. The van der Waals surface area contributed by atoms with Gasteiger partial charge in [0, 0.05) is 0 Å². The molecule has 1 nitrogen and oxygen atoms in total. The minimum absolute atomic E-state index is 0. The van der Waals surface area contributed by atoms with Crippen molar-refractivity contribution in [2.75, 3.05) is 0 Å². The number of nitrogens with one attached hydrogen (secondary N) is 1. The van der Waals surface area contributed by atoms with Gasteiger partial charge in [-0.05, 0) is 8.41 Å². The number of halogens is 2. The Bertz CT molecular complexity index is 678. The van der Waals surface area contributed by atoms with Gasteiger partial charge in [-0.2, -0.15) is 22.4 Å². The average molecular weight is 428 g/mol. The molecule has 1 aromatic heterocycles. The third-order valence-corrected chi connectivity index (χ3v) is 4.56. The van der Waals surface area contributed by atoms with E-state index < -0.39 is 0 Å². The van der Waals surface area contributed by atoms with Gasteiger partial charge < -0.3 is 29.8 Å². The molecule has 1 aliphatic carbocycles. The molecule has 0 aliphatic heterocycles. The maximum absolute atomic E-state index is 3.44. The molecular formula is C17H19Cl2NSiZr. The van der Waals surface area contributed by atoms with Gasteiger partial charge in [-0.1, -0.05) is 33.0 Å². The first kappa shape index (κ1) is 24.0. The molecule has 0 saturated heterocycles. The van der Waals surface area contributed by atoms with Crippen LogP contribution in [0.2, 0.25) is 13.1 Å². The van der Waals surface area contributed by atoms with Crippen LogP contribution in [0.25, 0.3) is 12.2 Å². The Balaban J connectivity index is 0. The first-order valence-corrected chi connectivity index (χ1v) is 8.98. The van der Waals surface area contributed by atoms with Crippen LogP contribution in [0.3, 0.4) is 0 Å². The largest absolute Gasteiger partial charge is 4.00 e. The summed E-state index contributed by atoms with van der Waals surface area (Å²) in [6, 6.07) is 8.43. The summed E-state index contributed by atoms with van der Waals surface area (Å²) in [6.45, 7) is 8.69. The van der Waals surface area contributed by atoms with Crippen molar-refractivity contribution >= 4 is 25.7 Å². The van der Waals surface area contributed by atoms with Gasteiger partial charge >= 0.3 is 26.2 Å². The molecule has 0 fully saturated rings. The van der Waals surface area contributed by atoms with Crippen molar-refractivity contribution in [3.8, 4) is 0 Å². The van der Waals surface area contributed by atoms with Gasteiger partial charge in [0.1, 0.15) is 0 Å². The van der Waals surface area contributed by atoms with Crippen molar-refractivity contribution in [3.63, 3.8) is 0 Å². The van der Waals surface area contributed by atoms with Crippen LogP contribution in [0, 0.1) is 20.0 Å². The molecule has 5 heteroatoms. The van der Waals surface area contributed by atoms with Crippen LogP contribution >= 0.6 is 0 Å². The summed E-state index contributed by atoms with van der Waals surface area (Å²) in [5.41, 5.74) is 2.49. The zero-order valence-corrected chi connectivity index (χ0v) is 18.2. The Kier molecular flexibility index (Phi) is 12.4. The Labute approximate surface area is 166 Å². The monoisotopic (exact) mass is 425 g/mol. The Morgan fingerprint density at radius 1 is 1.05 bits per heavy atom. The number of benzene rings is 1. The molecule has 2 aromatic rings. The van der Waals surface area contributed by atoms with Crippen LogP contribution in [0.4, 0.5) is 0 Å². The topological polar surface area (TPSA) is 15.8 Å². The second-order valence-electron chi connectivity index (χ2n) is 4.99. The number of fused-ring (bicyclic) bond motifs is 1. The van der Waals surface area contributed by atoms with Gasteiger partial charge in [0.25, 0.3) is 0 Å². The summed E-state index contributed by atoms with van der Waals surface area (Å²) in [7, 11) is -0.329. The van der Waals surface area contributed by atoms with Crippen molar-refractivity contribution in [1.29, 1.82) is 0 Å². The van der Waals surface area contributed by atoms with Crippen molar-refractivity contribution in [3.05, 3.63) is 58.2 Å². The van der Waals surface area contributed by atoms with Gasteiger partial charge in [-0.25, -0.2) is 0 Å². The fourth-order valence-corrected chi connectivity index (χ4v) is 2.63. The minimum atomic E-state index is -0.329. The molecule has 0 saturated carbocycles. The Morgan fingerprint density at radius 3 is 2.09 bits per heavy atom. The number of H-pyrrole nitrogens is 1. The molecule has 0 amide bonds. The van der Waals surface area contributed by atoms with E-state index in [1.54, 1.807) is 0 Å². The zero-order chi connectivity index (χ0) is 13.8. The summed E-state index contributed by atoms with van der Waals surface area (Å²) in [5, 5.41) is 4.01. The molecule has 0 spiro atoms. The number of hydrogen-bond donors (Lipinski definition) is 1. The number of aryl methyl sites for hydroxylation is 2. The van der Waals surface area contributed by atoms with E-state index >= 15 is 0 Å². The van der Waals surface area contributed by atoms with Crippen LogP contribution in [-0.4, -0.2) is 18.6 Å². The molecule has 1 N–H and O–H groups in total. The normalized spacial score (nSPS) is 10.3. The van der Waals surface area contributed by atoms with E-state index in [4.69, 9.17) is 0 Å². The second-order valence-corrected chi connectivity index (χ2v) is 7.53. The van der Waals surface area contributed by atoms with Gasteiger partial charge in [0.15, 0.2) is 0 Å². The molecule has 3 rings (SSSR count). The number of aromatic nitrogens is 1. The van der Waals surface area contributed by atoms with Gasteiger partial charge in [-0.15, -0.1) is 47.1 Å². The summed E-state index contributed by atoms with van der Waals surface area (Å²) in [6.07, 6.45) is 10.6. The van der Waals surface area contributed by atoms with Crippen molar-refractivity contribution in [1.82, 2.24) is 4.98 Å². The van der Waals surface area contributed by atoms with Crippen molar-refractivity contribution < 1.29 is 51.0 Å². The maximum Gasteiger partial charge on any atom is 4.00 e. The van der Waals surface area contributed by atoms with Crippen LogP contribution in [0.1, 0.15) is 11.1 Å². The number of rotatable bonds is 0. The molecule has 0 atom stereocenters. The van der Waals surface area contributed by atoms with Crippen molar-refractivity contribution in [2.24, 2.45) is 0 Å². The Morgan fingerprint density at radius 2 is 1.68 bits per heavy atom. The SMILES string of the molecule is C[Si](C)=C1[C-]=c2ccccc2=C1.Cc1[c-][nH]cc1C.[Cl-].[Cl-].[Zr+4]. The van der Waals surface area contributed by atoms with Crippen LogP contribution < -0.4 is 35.3 Å². The van der Waals surface area contributed by atoms with Crippen molar-refractivity contribution in [2.45, 2.75) is 26.9 Å². The smallest absolute Gasteiger partial charge is 1.00 e. The van der Waals surface area contributed by atoms with E-state index in [1.807, 2.05) is 13.1 Å². The van der Waals surface area contributed by atoms with E-state index in [2.05, 4.69) is 67.6 Å². The Hall–Kier alpha value is -0.210. The maximum atomic E-state index is 3.44. The molecule has 0 unspecified atom stereocenters. The zero-order valence-electron chi connectivity index (χ0n) is 13.2. The van der Waals surface area contributed by atoms with Crippen LogP contribution in [0.5, 0.6) is 0 Å². The third kappa shape index (κ3) is 6.50. The molecule has 1 aliphatic rings. The standard InChI is InChI=1S/C11H11Si.C6H8N.2ClH.Zr/c1-12(2)11-7-9-5-3-4-6-10(9)8-11;1-5-3-7-4-6(5)2;;;/h3-7H,1-2H3;3,7H,1-2H3;2*1H;/q2*-1;;;+4/p-2. The fourth-order valence-electron chi connectivity index (χ4n) is 1.80. The molecule has 1 heterocycles. The number of hydrogen-bond acceptors (Lipinski definition) is 0. The predicted molar refractivity (Wildman–Crippen MR) is 85.2 cm³/mol. The third-order valence-electron chi connectivity index (χ3n) is 3.21. The quantitative estimate of drug-likeness (QED) is 0.327. The summed E-state index contributed by atoms with van der Waals surface area (Å²) in [4.78, 5) is 2.87. The van der Waals surface area contributed by atoms with E-state index in [-0.39, 0.29) is 59.4 Å². The molecular weight excluding hydrogens is 408 g/mol. The first-order chi connectivity index (χ1) is 9.08. The summed E-state index contributed by atoms with van der Waals surface area (Å²) < 4.78 is 0. The molecule has 0 bridgehead atoms. The molecule has 22 heavy (non-hydrogen) atoms. The van der Waals surface area contributed by atoms with Crippen LogP contribution in [0.15, 0.2) is 30.5 Å². The van der Waals surface area contributed by atoms with Gasteiger partial charge in [-0.3, -0.25) is 0 Å². The fraction of sp³-hybridized carbons (Fsp3) is 0.235. The van der Waals surface area contributed by atoms with E-state index in [0.29, 0.717) is 0 Å². The summed E-state index contributed by atoms with van der Waals surface area (Å²) >= 11 is 0. The van der Waals surface area contributed by atoms with Gasteiger partial charge in [0.2, 0.25) is 0 Å². The number of aromatic amines is 1. The van der Waals surface area contributed by atoms with E-state index in [9.17, 15) is 0 Å². The van der Waals surface area contributed by atoms with E-state index in [0.717, 1.165) is 0 Å².